The van der Waals surface area contributed by atoms with E-state index >= 15 is 0 Å². The van der Waals surface area contributed by atoms with Gasteiger partial charge in [0.1, 0.15) is 5.91 Å². The fourth-order valence-corrected chi connectivity index (χ4v) is 3.63. The van der Waals surface area contributed by atoms with Crippen LogP contribution in [0.4, 0.5) is 0 Å². The fraction of sp³-hybridized carbons (Fsp3) is 1.00. The molecule has 0 aromatic rings. The van der Waals surface area contributed by atoms with Crippen LogP contribution in [0.15, 0.2) is 0 Å². The molecule has 0 amide bonds. The van der Waals surface area contributed by atoms with Gasteiger partial charge >= 0.3 is 0 Å². The molecule has 0 aromatic carbocycles. The Labute approximate surface area is 95.7 Å². The van der Waals surface area contributed by atoms with E-state index in [-0.39, 0.29) is 15.4 Å². The van der Waals surface area contributed by atoms with E-state index in [1.54, 1.807) is 14.2 Å². The van der Waals surface area contributed by atoms with Gasteiger partial charge in [-0.3, -0.25) is 0 Å². The van der Waals surface area contributed by atoms with Crippen molar-refractivity contribution in [1.29, 1.82) is 0 Å². The van der Waals surface area contributed by atoms with Crippen molar-refractivity contribution in [3.63, 3.8) is 0 Å². The molecule has 0 bridgehead atoms. The molecule has 1 atom stereocenters. The molecule has 1 rings (SSSR count). The van der Waals surface area contributed by atoms with E-state index in [2.05, 4.69) is 5.32 Å². The van der Waals surface area contributed by atoms with Crippen LogP contribution in [0.2, 0.25) is 6.04 Å². The lowest BCUT2D eigenvalue weighted by molar-refractivity contribution is -0.0441. The van der Waals surface area contributed by atoms with Crippen molar-refractivity contribution >= 4 is 9.52 Å². The second kappa shape index (κ2) is 8.27. The van der Waals surface area contributed by atoms with Crippen LogP contribution in [0.1, 0.15) is 25.7 Å². The van der Waals surface area contributed by atoms with Crippen LogP contribution < -0.4 is 5.32 Å². The Bertz CT molecular complexity index is 148. The number of piperidine rings is 1. The zero-order valence-corrected chi connectivity index (χ0v) is 11.5. The van der Waals surface area contributed by atoms with E-state index < -0.39 is 0 Å². The third kappa shape index (κ3) is 5.66. The van der Waals surface area contributed by atoms with Gasteiger partial charge in [0.25, 0.3) is 0 Å². The summed E-state index contributed by atoms with van der Waals surface area (Å²) in [7, 11) is 3.30. The zero-order chi connectivity index (χ0) is 10.9. The molecule has 1 aliphatic heterocycles. The Kier molecular flexibility index (Phi) is 7.26. The third-order valence-electron chi connectivity index (χ3n) is 3.23. The highest BCUT2D eigenvalue weighted by molar-refractivity contribution is 6.36. The van der Waals surface area contributed by atoms with Crippen LogP contribution in [0.5, 0.6) is 0 Å². The molecule has 0 saturated carbocycles. The van der Waals surface area contributed by atoms with Gasteiger partial charge in [-0.25, -0.2) is 0 Å². The number of hydrogen-bond donors (Lipinski definition) is 1. The summed E-state index contributed by atoms with van der Waals surface area (Å²) in [6.07, 6.45) is 5.54. The van der Waals surface area contributed by atoms with Crippen molar-refractivity contribution in [1.82, 2.24) is 5.32 Å². The van der Waals surface area contributed by atoms with Crippen molar-refractivity contribution in [2.75, 3.05) is 27.3 Å². The number of ether oxygens (including phenoxy) is 2. The van der Waals surface area contributed by atoms with Crippen LogP contribution in [-0.2, 0) is 9.47 Å². The average molecular weight is 231 g/mol. The fourth-order valence-electron chi connectivity index (χ4n) is 2.25. The molecule has 1 aliphatic rings. The van der Waals surface area contributed by atoms with Gasteiger partial charge in [-0.15, -0.1) is 0 Å². The van der Waals surface area contributed by atoms with E-state index in [4.69, 9.17) is 9.47 Å². The standard InChI is InChI=1S/C11H25NO2Si/c1-13-11(14-2)15-8-4-6-10-5-3-7-12-9-10/h10-12H,3-9,15H2,1-2H3. The zero-order valence-electron chi connectivity index (χ0n) is 10.1. The SMILES string of the molecule is COC(OC)[SiH2]CCCC1CCCNC1. The van der Waals surface area contributed by atoms with Gasteiger partial charge in [0.2, 0.25) is 0 Å². The predicted octanol–water partition coefficient (Wildman–Crippen LogP) is 0.930. The molecule has 0 aliphatic carbocycles. The van der Waals surface area contributed by atoms with E-state index in [0.717, 1.165) is 5.92 Å². The monoisotopic (exact) mass is 231 g/mol. The first kappa shape index (κ1) is 13.2. The van der Waals surface area contributed by atoms with Gasteiger partial charge in [-0.1, -0.05) is 12.5 Å². The van der Waals surface area contributed by atoms with E-state index in [1.807, 2.05) is 0 Å². The van der Waals surface area contributed by atoms with Crippen molar-refractivity contribution in [3.8, 4) is 0 Å². The molecule has 1 unspecified atom stereocenters. The van der Waals surface area contributed by atoms with E-state index in [1.165, 1.54) is 44.8 Å². The lowest BCUT2D eigenvalue weighted by Crippen LogP contribution is -2.29. The Morgan fingerprint density at radius 1 is 1.40 bits per heavy atom. The van der Waals surface area contributed by atoms with Crippen molar-refractivity contribution < 1.29 is 9.47 Å². The van der Waals surface area contributed by atoms with Crippen molar-refractivity contribution in [3.05, 3.63) is 0 Å². The van der Waals surface area contributed by atoms with Crippen LogP contribution in [0.3, 0.4) is 0 Å². The topological polar surface area (TPSA) is 30.5 Å². The summed E-state index contributed by atoms with van der Waals surface area (Å²) in [5.41, 5.74) is 0. The van der Waals surface area contributed by atoms with Crippen LogP contribution in [-0.4, -0.2) is 42.7 Å². The van der Waals surface area contributed by atoms with E-state index in [9.17, 15) is 0 Å². The number of nitrogens with one attached hydrogen (secondary N) is 1. The molecular formula is C11H25NO2Si. The molecular weight excluding hydrogens is 206 g/mol. The van der Waals surface area contributed by atoms with Crippen LogP contribution >= 0.6 is 0 Å². The first-order valence-electron chi connectivity index (χ1n) is 6.13. The number of rotatable bonds is 7. The summed E-state index contributed by atoms with van der Waals surface area (Å²) in [5.74, 6) is 1.06. The molecule has 0 aromatic heterocycles. The normalized spacial score (nSPS) is 23.0. The van der Waals surface area contributed by atoms with Gasteiger partial charge in [0.05, 0.1) is 9.52 Å². The highest BCUT2D eigenvalue weighted by Gasteiger charge is 2.12. The first-order valence-corrected chi connectivity index (χ1v) is 7.94. The summed E-state index contributed by atoms with van der Waals surface area (Å²) in [6.45, 7) is 2.46. The smallest absolute Gasteiger partial charge is 0.134 e. The summed E-state index contributed by atoms with van der Waals surface area (Å²) in [6, 6.07) is 1.35. The third-order valence-corrected chi connectivity index (χ3v) is 5.27. The molecule has 90 valence electrons. The minimum Gasteiger partial charge on any atom is -0.360 e. The highest BCUT2D eigenvalue weighted by Crippen LogP contribution is 2.17. The lowest BCUT2D eigenvalue weighted by Gasteiger charge is -2.22. The maximum absolute atomic E-state index is 5.22. The molecule has 1 saturated heterocycles. The molecule has 0 radical (unpaired) electrons. The Hall–Kier alpha value is 0.0969. The summed E-state index contributed by atoms with van der Waals surface area (Å²) in [5, 5.41) is 3.47. The quantitative estimate of drug-likeness (QED) is 0.402. The predicted molar refractivity (Wildman–Crippen MR) is 66.0 cm³/mol. The van der Waals surface area contributed by atoms with Crippen molar-refractivity contribution in [2.45, 2.75) is 37.6 Å². The Morgan fingerprint density at radius 2 is 2.20 bits per heavy atom. The lowest BCUT2D eigenvalue weighted by atomic mass is 9.95. The summed E-state index contributed by atoms with van der Waals surface area (Å²) >= 11 is 0. The van der Waals surface area contributed by atoms with Crippen LogP contribution in [0.25, 0.3) is 0 Å². The second-order valence-electron chi connectivity index (χ2n) is 4.40. The van der Waals surface area contributed by atoms with Gasteiger partial charge < -0.3 is 14.8 Å². The van der Waals surface area contributed by atoms with E-state index in [0.29, 0.717) is 0 Å². The molecule has 4 heteroatoms. The minimum atomic E-state index is -0.186. The molecule has 1 heterocycles. The largest absolute Gasteiger partial charge is 0.360 e. The molecule has 0 spiro atoms. The van der Waals surface area contributed by atoms with Gasteiger partial charge in [-0.05, 0) is 38.3 Å². The summed E-state index contributed by atoms with van der Waals surface area (Å²) in [4.78, 5) is 0. The first-order chi connectivity index (χ1) is 7.36. The van der Waals surface area contributed by atoms with Gasteiger partial charge in [-0.2, -0.15) is 0 Å². The number of methoxy groups -OCH3 is 2. The average Bonchev–Trinajstić information content (AvgIpc) is 2.31. The van der Waals surface area contributed by atoms with Gasteiger partial charge in [0, 0.05) is 14.2 Å². The summed E-state index contributed by atoms with van der Waals surface area (Å²) < 4.78 is 10.4. The Balaban J connectivity index is 1.95. The minimum absolute atomic E-state index is 0.134. The Morgan fingerprint density at radius 3 is 2.80 bits per heavy atom. The molecule has 3 nitrogen and oxygen atoms in total. The van der Waals surface area contributed by atoms with Crippen molar-refractivity contribution in [2.24, 2.45) is 5.92 Å². The molecule has 15 heavy (non-hydrogen) atoms. The molecule has 1 fully saturated rings. The molecule has 1 N–H and O–H groups in total. The van der Waals surface area contributed by atoms with Crippen LogP contribution in [0, 0.1) is 5.92 Å². The number of hydrogen-bond acceptors (Lipinski definition) is 3. The maximum Gasteiger partial charge on any atom is 0.134 e. The maximum atomic E-state index is 5.22. The second-order valence-corrected chi connectivity index (χ2v) is 6.35. The van der Waals surface area contributed by atoms with Gasteiger partial charge in [0.15, 0.2) is 0 Å². The highest BCUT2D eigenvalue weighted by atomic mass is 28.2.